The molecular weight excluding hydrogens is 422 g/mol. The maximum absolute atomic E-state index is 12.8. The van der Waals surface area contributed by atoms with Gasteiger partial charge in [0.15, 0.2) is 0 Å². The number of benzene rings is 3. The molecule has 4 rings (SSSR count). The number of hydrogen-bond donors (Lipinski definition) is 3. The van der Waals surface area contributed by atoms with Crippen molar-refractivity contribution in [2.75, 3.05) is 21.7 Å². The van der Waals surface area contributed by atoms with Gasteiger partial charge in [-0.1, -0.05) is 23.7 Å². The Morgan fingerprint density at radius 1 is 0.867 bits per heavy atom. The lowest BCUT2D eigenvalue weighted by Gasteiger charge is -2.17. The molecule has 0 atom stereocenters. The first kappa shape index (κ1) is 20.0. The Bertz CT molecular complexity index is 1150. The fourth-order valence-corrected chi connectivity index (χ4v) is 3.83. The van der Waals surface area contributed by atoms with Gasteiger partial charge in [0.25, 0.3) is 11.8 Å². The number of carbonyl (C=O) groups excluding carboxylic acids is 3. The van der Waals surface area contributed by atoms with Crippen LogP contribution in [0.1, 0.15) is 20.7 Å². The molecule has 3 aromatic carbocycles. The van der Waals surface area contributed by atoms with Gasteiger partial charge in [-0.25, -0.2) is 0 Å². The van der Waals surface area contributed by atoms with E-state index in [0.717, 1.165) is 4.90 Å². The predicted octanol–water partition coefficient (Wildman–Crippen LogP) is 4.89. The van der Waals surface area contributed by atoms with Crippen molar-refractivity contribution < 1.29 is 14.4 Å². The van der Waals surface area contributed by atoms with Crippen molar-refractivity contribution in [3.05, 3.63) is 82.9 Å². The molecule has 0 saturated carbocycles. The van der Waals surface area contributed by atoms with Gasteiger partial charge >= 0.3 is 0 Å². The second-order valence-corrected chi connectivity index (χ2v) is 7.96. The van der Waals surface area contributed by atoms with Crippen LogP contribution in [0, 0.1) is 0 Å². The number of amides is 3. The van der Waals surface area contributed by atoms with Gasteiger partial charge in [0, 0.05) is 21.0 Å². The van der Waals surface area contributed by atoms with Crippen molar-refractivity contribution in [1.29, 1.82) is 0 Å². The molecule has 8 heteroatoms. The standard InChI is InChI=1S/C22H16ClN3O3S/c23-15-8-5-13(6-9-15)21(28)25-16-3-1-2-4-17(16)26-22(29)14-7-10-19-18(11-14)24-20(27)12-30-19/h1-11H,12H2,(H,24,27)(H,25,28)(H,26,29). The zero-order valence-electron chi connectivity index (χ0n) is 15.6. The number of thioether (sulfide) groups is 1. The number of para-hydroxylation sites is 2. The zero-order valence-corrected chi connectivity index (χ0v) is 17.1. The molecular formula is C22H16ClN3O3S. The lowest BCUT2D eigenvalue weighted by atomic mass is 10.1. The molecule has 150 valence electrons. The first-order chi connectivity index (χ1) is 14.5. The van der Waals surface area contributed by atoms with E-state index in [0.29, 0.717) is 39.0 Å². The zero-order chi connectivity index (χ0) is 21.1. The van der Waals surface area contributed by atoms with E-state index in [1.54, 1.807) is 60.7 Å². The Hall–Kier alpha value is -3.29. The monoisotopic (exact) mass is 437 g/mol. The minimum absolute atomic E-state index is 0.0969. The number of hydrogen-bond acceptors (Lipinski definition) is 4. The molecule has 0 bridgehead atoms. The van der Waals surface area contributed by atoms with Crippen molar-refractivity contribution >= 4 is 58.1 Å². The summed E-state index contributed by atoms with van der Waals surface area (Å²) in [5.41, 5.74) is 2.39. The number of carbonyl (C=O) groups is 3. The summed E-state index contributed by atoms with van der Waals surface area (Å²) in [6.07, 6.45) is 0. The van der Waals surface area contributed by atoms with Crippen molar-refractivity contribution in [1.82, 2.24) is 0 Å². The number of halogens is 1. The van der Waals surface area contributed by atoms with Crippen LogP contribution in [0.2, 0.25) is 5.02 Å². The van der Waals surface area contributed by atoms with Crippen LogP contribution >= 0.6 is 23.4 Å². The molecule has 6 nitrogen and oxygen atoms in total. The maximum Gasteiger partial charge on any atom is 0.255 e. The normalized spacial score (nSPS) is 12.5. The summed E-state index contributed by atoms with van der Waals surface area (Å²) in [6, 6.07) is 18.6. The van der Waals surface area contributed by atoms with Crippen LogP contribution in [0.3, 0.4) is 0 Å². The molecule has 1 aliphatic heterocycles. The molecule has 0 aromatic heterocycles. The third-order valence-corrected chi connectivity index (χ3v) is 5.73. The van der Waals surface area contributed by atoms with Gasteiger partial charge < -0.3 is 16.0 Å². The lowest BCUT2D eigenvalue weighted by Crippen LogP contribution is -2.20. The Morgan fingerprint density at radius 2 is 1.47 bits per heavy atom. The predicted molar refractivity (Wildman–Crippen MR) is 120 cm³/mol. The van der Waals surface area contributed by atoms with Crippen LogP contribution in [-0.4, -0.2) is 23.5 Å². The summed E-state index contributed by atoms with van der Waals surface area (Å²) < 4.78 is 0. The summed E-state index contributed by atoms with van der Waals surface area (Å²) in [4.78, 5) is 37.8. The average Bonchev–Trinajstić information content (AvgIpc) is 2.75. The van der Waals surface area contributed by atoms with Crippen molar-refractivity contribution in [3.8, 4) is 0 Å². The first-order valence-corrected chi connectivity index (χ1v) is 10.4. The second kappa shape index (κ2) is 8.61. The number of nitrogens with one attached hydrogen (secondary N) is 3. The third kappa shape index (κ3) is 4.48. The van der Waals surface area contributed by atoms with Gasteiger partial charge in [0.1, 0.15) is 0 Å². The molecule has 3 aromatic rings. The van der Waals surface area contributed by atoms with Gasteiger partial charge in [-0.3, -0.25) is 14.4 Å². The highest BCUT2D eigenvalue weighted by molar-refractivity contribution is 8.00. The van der Waals surface area contributed by atoms with E-state index in [1.807, 2.05) is 6.07 Å². The van der Waals surface area contributed by atoms with Gasteiger partial charge in [0.05, 0.1) is 22.8 Å². The van der Waals surface area contributed by atoms with E-state index in [2.05, 4.69) is 16.0 Å². The highest BCUT2D eigenvalue weighted by Gasteiger charge is 2.18. The molecule has 1 heterocycles. The highest BCUT2D eigenvalue weighted by Crippen LogP contribution is 2.32. The SMILES string of the molecule is O=C1CSc2ccc(C(=O)Nc3ccccc3NC(=O)c3ccc(Cl)cc3)cc2N1. The van der Waals surface area contributed by atoms with Crippen LogP contribution < -0.4 is 16.0 Å². The van der Waals surface area contributed by atoms with E-state index in [9.17, 15) is 14.4 Å². The number of fused-ring (bicyclic) bond motifs is 1. The van der Waals surface area contributed by atoms with E-state index in [-0.39, 0.29) is 17.7 Å². The Morgan fingerprint density at radius 3 is 2.13 bits per heavy atom. The van der Waals surface area contributed by atoms with Crippen molar-refractivity contribution in [3.63, 3.8) is 0 Å². The third-order valence-electron chi connectivity index (χ3n) is 4.40. The molecule has 0 saturated heterocycles. The minimum Gasteiger partial charge on any atom is -0.324 e. The molecule has 0 spiro atoms. The fraction of sp³-hybridized carbons (Fsp3) is 0.0455. The summed E-state index contributed by atoms with van der Waals surface area (Å²) >= 11 is 7.30. The fourth-order valence-electron chi connectivity index (χ4n) is 2.92. The Balaban J connectivity index is 1.52. The first-order valence-electron chi connectivity index (χ1n) is 9.03. The van der Waals surface area contributed by atoms with Gasteiger partial charge in [-0.05, 0) is 54.6 Å². The molecule has 30 heavy (non-hydrogen) atoms. The topological polar surface area (TPSA) is 87.3 Å². The molecule has 0 fully saturated rings. The smallest absolute Gasteiger partial charge is 0.255 e. The van der Waals surface area contributed by atoms with Crippen LogP contribution in [-0.2, 0) is 4.79 Å². The molecule has 0 radical (unpaired) electrons. The van der Waals surface area contributed by atoms with Gasteiger partial charge in [-0.2, -0.15) is 0 Å². The minimum atomic E-state index is -0.351. The number of anilines is 3. The Labute approximate surface area is 182 Å². The molecule has 3 N–H and O–H groups in total. The molecule has 3 amide bonds. The highest BCUT2D eigenvalue weighted by atomic mass is 35.5. The average molecular weight is 438 g/mol. The van der Waals surface area contributed by atoms with Gasteiger partial charge in [0.2, 0.25) is 5.91 Å². The molecule has 0 unspecified atom stereocenters. The van der Waals surface area contributed by atoms with Crippen molar-refractivity contribution in [2.45, 2.75) is 4.90 Å². The second-order valence-electron chi connectivity index (χ2n) is 6.51. The largest absolute Gasteiger partial charge is 0.324 e. The van der Waals surface area contributed by atoms with Crippen LogP contribution in [0.5, 0.6) is 0 Å². The van der Waals surface area contributed by atoms with Gasteiger partial charge in [-0.15, -0.1) is 11.8 Å². The summed E-state index contributed by atoms with van der Waals surface area (Å²) in [7, 11) is 0. The van der Waals surface area contributed by atoms with Crippen molar-refractivity contribution in [2.24, 2.45) is 0 Å². The quantitative estimate of drug-likeness (QED) is 0.542. The van der Waals surface area contributed by atoms with Crippen LogP contribution in [0.15, 0.2) is 71.6 Å². The van der Waals surface area contributed by atoms with Crippen LogP contribution in [0.25, 0.3) is 0 Å². The lowest BCUT2D eigenvalue weighted by molar-refractivity contribution is -0.113. The summed E-state index contributed by atoms with van der Waals surface area (Å²) in [5.74, 6) is -0.405. The van der Waals surface area contributed by atoms with E-state index in [1.165, 1.54) is 11.8 Å². The van der Waals surface area contributed by atoms with E-state index >= 15 is 0 Å². The van der Waals surface area contributed by atoms with E-state index in [4.69, 9.17) is 11.6 Å². The Kier molecular flexibility index (Phi) is 5.74. The van der Waals surface area contributed by atoms with Crippen LogP contribution in [0.4, 0.5) is 17.1 Å². The maximum atomic E-state index is 12.8. The summed E-state index contributed by atoms with van der Waals surface area (Å²) in [6.45, 7) is 0. The molecule has 1 aliphatic rings. The summed E-state index contributed by atoms with van der Waals surface area (Å²) in [5, 5.41) is 8.93. The molecule has 0 aliphatic carbocycles. The number of rotatable bonds is 4. The van der Waals surface area contributed by atoms with E-state index < -0.39 is 0 Å².